The Labute approximate surface area is 107 Å². The molecule has 0 saturated heterocycles. The summed E-state index contributed by atoms with van der Waals surface area (Å²) >= 11 is 0. The van der Waals surface area contributed by atoms with Crippen LogP contribution in [-0.4, -0.2) is 5.78 Å². The van der Waals surface area contributed by atoms with Gasteiger partial charge in [-0.25, -0.2) is 0 Å². The minimum atomic E-state index is 0.0146. The summed E-state index contributed by atoms with van der Waals surface area (Å²) < 4.78 is 5.76. The van der Waals surface area contributed by atoms with Crippen LogP contribution in [0.5, 0.6) is 11.5 Å². The van der Waals surface area contributed by atoms with Gasteiger partial charge in [0.05, 0.1) is 5.56 Å². The zero-order valence-corrected chi connectivity index (χ0v) is 10.9. The Hall–Kier alpha value is -2.09. The second-order valence-corrected chi connectivity index (χ2v) is 4.47. The number of hydrogen-bond acceptors (Lipinski definition) is 2. The van der Waals surface area contributed by atoms with Crippen molar-refractivity contribution in [2.45, 2.75) is 20.8 Å². The third kappa shape index (κ3) is 2.77. The van der Waals surface area contributed by atoms with Crippen LogP contribution >= 0.6 is 0 Å². The maximum atomic E-state index is 11.6. The molecule has 0 bridgehead atoms. The zero-order valence-electron chi connectivity index (χ0n) is 10.9. The van der Waals surface area contributed by atoms with Gasteiger partial charge in [0.2, 0.25) is 0 Å². The van der Waals surface area contributed by atoms with E-state index < -0.39 is 0 Å². The largest absolute Gasteiger partial charge is 0.457 e. The van der Waals surface area contributed by atoms with Crippen molar-refractivity contribution in [3.8, 4) is 11.5 Å². The van der Waals surface area contributed by atoms with Crippen molar-refractivity contribution in [1.82, 2.24) is 0 Å². The van der Waals surface area contributed by atoms with Gasteiger partial charge in [0.15, 0.2) is 5.78 Å². The second kappa shape index (κ2) is 5.05. The van der Waals surface area contributed by atoms with Gasteiger partial charge in [-0.1, -0.05) is 29.3 Å². The van der Waals surface area contributed by atoms with Gasteiger partial charge in [0, 0.05) is 0 Å². The van der Waals surface area contributed by atoms with Crippen molar-refractivity contribution in [2.75, 3.05) is 0 Å². The molecule has 0 radical (unpaired) electrons. The van der Waals surface area contributed by atoms with Crippen LogP contribution in [0.25, 0.3) is 0 Å². The molecule has 2 heteroatoms. The molecule has 0 fully saturated rings. The standard InChI is InChI=1S/C16H16O2/c1-11-4-7-14(8-5-11)18-16-9-6-12(2)10-15(16)13(3)17/h4-10H,1-3H3. The van der Waals surface area contributed by atoms with Crippen LogP contribution in [0.15, 0.2) is 42.5 Å². The highest BCUT2D eigenvalue weighted by Gasteiger charge is 2.09. The van der Waals surface area contributed by atoms with Crippen molar-refractivity contribution < 1.29 is 9.53 Å². The third-order valence-corrected chi connectivity index (χ3v) is 2.76. The number of Topliss-reactive ketones (excluding diaryl/α,β-unsaturated/α-hetero) is 1. The van der Waals surface area contributed by atoms with Crippen LogP contribution < -0.4 is 4.74 Å². The molecule has 0 amide bonds. The minimum absolute atomic E-state index is 0.0146. The number of benzene rings is 2. The van der Waals surface area contributed by atoms with E-state index in [1.165, 1.54) is 5.56 Å². The molecule has 0 aromatic heterocycles. The number of rotatable bonds is 3. The van der Waals surface area contributed by atoms with Crippen LogP contribution in [0.4, 0.5) is 0 Å². The van der Waals surface area contributed by atoms with E-state index in [-0.39, 0.29) is 5.78 Å². The van der Waals surface area contributed by atoms with Crippen molar-refractivity contribution in [2.24, 2.45) is 0 Å². The number of hydrogen-bond donors (Lipinski definition) is 0. The molecule has 92 valence electrons. The summed E-state index contributed by atoms with van der Waals surface area (Å²) in [6.45, 7) is 5.54. The minimum Gasteiger partial charge on any atom is -0.457 e. The van der Waals surface area contributed by atoms with Crippen molar-refractivity contribution in [1.29, 1.82) is 0 Å². The number of aryl methyl sites for hydroxylation is 2. The molecular formula is C16H16O2. The lowest BCUT2D eigenvalue weighted by Crippen LogP contribution is -1.97. The maximum Gasteiger partial charge on any atom is 0.163 e. The van der Waals surface area contributed by atoms with Crippen LogP contribution in [-0.2, 0) is 0 Å². The fourth-order valence-electron chi connectivity index (χ4n) is 1.74. The van der Waals surface area contributed by atoms with Gasteiger partial charge in [-0.15, -0.1) is 0 Å². The van der Waals surface area contributed by atoms with Crippen LogP contribution in [0.1, 0.15) is 28.4 Å². The average molecular weight is 240 g/mol. The predicted octanol–water partition coefficient (Wildman–Crippen LogP) is 4.30. The molecule has 0 aliphatic rings. The smallest absolute Gasteiger partial charge is 0.163 e. The lowest BCUT2D eigenvalue weighted by Gasteiger charge is -2.10. The molecule has 0 heterocycles. The van der Waals surface area contributed by atoms with E-state index >= 15 is 0 Å². The molecule has 0 atom stereocenters. The summed E-state index contributed by atoms with van der Waals surface area (Å²) in [4.78, 5) is 11.6. The van der Waals surface area contributed by atoms with Crippen LogP contribution in [0, 0.1) is 13.8 Å². The van der Waals surface area contributed by atoms with Gasteiger partial charge >= 0.3 is 0 Å². The Kier molecular flexibility index (Phi) is 3.47. The first-order valence-corrected chi connectivity index (χ1v) is 5.92. The van der Waals surface area contributed by atoms with E-state index in [0.717, 1.165) is 11.3 Å². The lowest BCUT2D eigenvalue weighted by atomic mass is 10.1. The van der Waals surface area contributed by atoms with E-state index in [1.807, 2.05) is 56.3 Å². The molecular weight excluding hydrogens is 224 g/mol. The molecule has 0 spiro atoms. The highest BCUT2D eigenvalue weighted by atomic mass is 16.5. The highest BCUT2D eigenvalue weighted by Crippen LogP contribution is 2.26. The van der Waals surface area contributed by atoms with Crippen molar-refractivity contribution >= 4 is 5.78 Å². The Bertz CT molecular complexity index is 568. The monoisotopic (exact) mass is 240 g/mol. The summed E-state index contributed by atoms with van der Waals surface area (Å²) in [5, 5.41) is 0. The van der Waals surface area contributed by atoms with Crippen molar-refractivity contribution in [3.05, 3.63) is 59.2 Å². The van der Waals surface area contributed by atoms with E-state index in [1.54, 1.807) is 6.92 Å². The van der Waals surface area contributed by atoms with Gasteiger partial charge < -0.3 is 4.74 Å². The Morgan fingerprint density at radius 2 is 1.56 bits per heavy atom. The number of carbonyl (C=O) groups is 1. The number of ketones is 1. The van der Waals surface area contributed by atoms with E-state index in [0.29, 0.717) is 11.3 Å². The fraction of sp³-hybridized carbons (Fsp3) is 0.188. The molecule has 2 rings (SSSR count). The molecule has 0 aliphatic carbocycles. The topological polar surface area (TPSA) is 26.3 Å². The molecule has 0 saturated carbocycles. The molecule has 18 heavy (non-hydrogen) atoms. The summed E-state index contributed by atoms with van der Waals surface area (Å²) in [6.07, 6.45) is 0. The predicted molar refractivity (Wildman–Crippen MR) is 72.4 cm³/mol. The summed E-state index contributed by atoms with van der Waals surface area (Å²) in [6, 6.07) is 13.4. The Morgan fingerprint density at radius 1 is 0.944 bits per heavy atom. The summed E-state index contributed by atoms with van der Waals surface area (Å²) in [5.41, 5.74) is 2.85. The van der Waals surface area contributed by atoms with E-state index in [9.17, 15) is 4.79 Å². The highest BCUT2D eigenvalue weighted by molar-refractivity contribution is 5.97. The average Bonchev–Trinajstić information content (AvgIpc) is 2.34. The van der Waals surface area contributed by atoms with Gasteiger partial charge in [-0.3, -0.25) is 4.79 Å². The van der Waals surface area contributed by atoms with Gasteiger partial charge in [-0.05, 0) is 45.0 Å². The molecule has 2 nitrogen and oxygen atoms in total. The lowest BCUT2D eigenvalue weighted by molar-refractivity contribution is 0.101. The van der Waals surface area contributed by atoms with Crippen LogP contribution in [0.3, 0.4) is 0 Å². The number of ether oxygens (including phenoxy) is 1. The Morgan fingerprint density at radius 3 is 2.17 bits per heavy atom. The third-order valence-electron chi connectivity index (χ3n) is 2.76. The maximum absolute atomic E-state index is 11.6. The van der Waals surface area contributed by atoms with Gasteiger partial charge in [0.25, 0.3) is 0 Å². The number of carbonyl (C=O) groups excluding carboxylic acids is 1. The Balaban J connectivity index is 2.34. The first-order valence-electron chi connectivity index (χ1n) is 5.92. The normalized spacial score (nSPS) is 10.2. The molecule has 2 aromatic rings. The molecule has 0 aliphatic heterocycles. The van der Waals surface area contributed by atoms with E-state index in [4.69, 9.17) is 4.74 Å². The summed E-state index contributed by atoms with van der Waals surface area (Å²) in [5.74, 6) is 1.37. The SMILES string of the molecule is CC(=O)c1cc(C)ccc1Oc1ccc(C)cc1. The van der Waals surface area contributed by atoms with Gasteiger partial charge in [0.1, 0.15) is 11.5 Å². The second-order valence-electron chi connectivity index (χ2n) is 4.47. The quantitative estimate of drug-likeness (QED) is 0.748. The van der Waals surface area contributed by atoms with E-state index in [2.05, 4.69) is 0 Å². The first-order chi connectivity index (χ1) is 8.56. The fourth-order valence-corrected chi connectivity index (χ4v) is 1.74. The van der Waals surface area contributed by atoms with Gasteiger partial charge in [-0.2, -0.15) is 0 Å². The zero-order chi connectivity index (χ0) is 13.1. The van der Waals surface area contributed by atoms with Crippen LogP contribution in [0.2, 0.25) is 0 Å². The molecule has 0 N–H and O–H groups in total. The molecule has 0 unspecified atom stereocenters. The summed E-state index contributed by atoms with van der Waals surface area (Å²) in [7, 11) is 0. The first kappa shape index (κ1) is 12.4. The van der Waals surface area contributed by atoms with Crippen molar-refractivity contribution in [3.63, 3.8) is 0 Å². The molecule has 2 aromatic carbocycles.